The number of hydrogen-bond acceptors (Lipinski definition) is 8. The fourth-order valence-corrected chi connectivity index (χ4v) is 5.63. The predicted molar refractivity (Wildman–Crippen MR) is 128 cm³/mol. The van der Waals surface area contributed by atoms with E-state index in [4.69, 9.17) is 5.73 Å². The minimum atomic E-state index is -4.60. The molecule has 3 aliphatic rings. The molecule has 39 heavy (non-hydrogen) atoms. The summed E-state index contributed by atoms with van der Waals surface area (Å²) in [6.45, 7) is 0. The number of aliphatic hydroxyl groups excluding tert-OH is 3. The lowest BCUT2D eigenvalue weighted by Gasteiger charge is -2.49. The normalized spacial score (nSPS) is 27.8. The molecule has 2 aromatic carbocycles. The molecule has 0 saturated carbocycles. The van der Waals surface area contributed by atoms with Crippen LogP contribution in [0.4, 0.5) is 13.2 Å². The van der Waals surface area contributed by atoms with Crippen LogP contribution in [0.2, 0.25) is 0 Å². The summed E-state index contributed by atoms with van der Waals surface area (Å²) in [7, 11) is 0. The molecule has 0 saturated heterocycles. The maximum Gasteiger partial charge on any atom is 0.416 e. The van der Waals surface area contributed by atoms with E-state index in [1.165, 1.54) is 24.3 Å². The van der Waals surface area contributed by atoms with E-state index in [2.05, 4.69) is 0 Å². The average Bonchev–Trinajstić information content (AvgIpc) is 2.85. The van der Waals surface area contributed by atoms with Crippen LogP contribution in [0.1, 0.15) is 33.5 Å². The van der Waals surface area contributed by atoms with Gasteiger partial charge < -0.3 is 31.3 Å². The van der Waals surface area contributed by atoms with Crippen molar-refractivity contribution in [3.8, 4) is 5.75 Å². The number of primary amides is 1. The summed E-state index contributed by atoms with van der Waals surface area (Å²) in [5, 5.41) is 54.9. The highest BCUT2D eigenvalue weighted by molar-refractivity contribution is 6.25. The summed E-state index contributed by atoms with van der Waals surface area (Å²) in [6.07, 6.45) is -5.77. The molecule has 4 unspecified atom stereocenters. The van der Waals surface area contributed by atoms with E-state index in [0.29, 0.717) is 0 Å². The SMILES string of the molecule is NC(=O)C1=C(O)CC2C(O)C3C(=C(O)C2(O)C1=O)C(=O)c1c(O)cccc1/C3=C\c1ccc(C(F)(F)F)cc1. The zero-order chi connectivity index (χ0) is 28.6. The standard InChI is InChI=1S/C27H20F3NO8/c28-27(29,30)11-6-4-10(5-7-11)8-13-12-2-1-3-15(32)17(12)22(35)20-18(13)21(34)14-9-16(33)19(25(31)38)23(36)26(14,39)24(20)37/h1-8,14,18,21,32-34,37,39H,9H2,(H2,31,38)/b13-8+. The molecule has 7 N–H and O–H groups in total. The Morgan fingerprint density at radius 3 is 2.28 bits per heavy atom. The quantitative estimate of drug-likeness (QED) is 0.313. The number of carbonyl (C=O) groups excluding carboxylic acids is 3. The van der Waals surface area contributed by atoms with Gasteiger partial charge in [-0.2, -0.15) is 13.2 Å². The smallest absolute Gasteiger partial charge is 0.416 e. The number of phenolic OH excluding ortho intramolecular Hbond substituents is 1. The molecular weight excluding hydrogens is 523 g/mol. The van der Waals surface area contributed by atoms with Gasteiger partial charge in [0.2, 0.25) is 5.78 Å². The maximum absolute atomic E-state index is 13.6. The molecule has 3 aliphatic carbocycles. The van der Waals surface area contributed by atoms with E-state index in [1.54, 1.807) is 0 Å². The second-order valence-corrected chi connectivity index (χ2v) is 9.57. The lowest BCUT2D eigenvalue weighted by molar-refractivity contribution is -0.152. The Kier molecular flexibility index (Phi) is 5.74. The number of halogens is 3. The Bertz CT molecular complexity index is 1550. The van der Waals surface area contributed by atoms with Crippen LogP contribution in [0.5, 0.6) is 5.75 Å². The van der Waals surface area contributed by atoms with Crippen molar-refractivity contribution in [2.75, 3.05) is 0 Å². The summed E-state index contributed by atoms with van der Waals surface area (Å²) < 4.78 is 39.2. The monoisotopic (exact) mass is 543 g/mol. The van der Waals surface area contributed by atoms with E-state index in [1.807, 2.05) is 0 Å². The molecule has 4 atom stereocenters. The number of nitrogens with two attached hydrogens (primary N) is 1. The number of ketones is 2. The maximum atomic E-state index is 13.6. The van der Waals surface area contributed by atoms with Crippen molar-refractivity contribution in [3.05, 3.63) is 87.4 Å². The van der Waals surface area contributed by atoms with E-state index >= 15 is 0 Å². The molecule has 0 aromatic heterocycles. The van der Waals surface area contributed by atoms with Crippen molar-refractivity contribution in [1.29, 1.82) is 0 Å². The molecule has 0 heterocycles. The first kappa shape index (κ1) is 26.2. The number of aliphatic hydroxyl groups is 4. The summed E-state index contributed by atoms with van der Waals surface area (Å²) in [6, 6.07) is 7.89. The molecule has 2 aromatic rings. The van der Waals surface area contributed by atoms with Crippen molar-refractivity contribution >= 4 is 29.1 Å². The van der Waals surface area contributed by atoms with Crippen LogP contribution in [-0.2, 0) is 15.8 Å². The predicted octanol–water partition coefficient (Wildman–Crippen LogP) is 2.57. The molecule has 0 aliphatic heterocycles. The molecule has 9 nitrogen and oxygen atoms in total. The number of alkyl halides is 3. The van der Waals surface area contributed by atoms with Gasteiger partial charge in [0.1, 0.15) is 22.8 Å². The molecule has 0 bridgehead atoms. The molecule has 5 rings (SSSR count). The van der Waals surface area contributed by atoms with Crippen LogP contribution in [0.25, 0.3) is 11.6 Å². The number of amides is 1. The highest BCUT2D eigenvalue weighted by Gasteiger charge is 2.63. The van der Waals surface area contributed by atoms with Crippen LogP contribution in [0.15, 0.2) is 65.1 Å². The highest BCUT2D eigenvalue weighted by atomic mass is 19.4. The number of fused-ring (bicyclic) bond motifs is 3. The van der Waals surface area contributed by atoms with Gasteiger partial charge in [0.15, 0.2) is 11.4 Å². The Hall–Kier alpha value is -4.42. The van der Waals surface area contributed by atoms with Gasteiger partial charge in [0, 0.05) is 18.3 Å². The molecule has 202 valence electrons. The molecule has 0 radical (unpaired) electrons. The number of allylic oxidation sites excluding steroid dienone is 1. The van der Waals surface area contributed by atoms with Gasteiger partial charge >= 0.3 is 6.18 Å². The molecule has 0 fully saturated rings. The van der Waals surface area contributed by atoms with Crippen LogP contribution in [0, 0.1) is 11.8 Å². The summed E-state index contributed by atoms with van der Waals surface area (Å²) in [5.74, 6) is -9.62. The van der Waals surface area contributed by atoms with Crippen molar-refractivity contribution < 1.29 is 53.1 Å². The first-order valence-corrected chi connectivity index (χ1v) is 11.6. The van der Waals surface area contributed by atoms with Crippen LogP contribution in [-0.4, -0.2) is 54.7 Å². The Morgan fingerprint density at radius 1 is 1.05 bits per heavy atom. The summed E-state index contributed by atoms with van der Waals surface area (Å²) in [4.78, 5) is 38.5. The lowest BCUT2D eigenvalue weighted by Crippen LogP contribution is -2.62. The van der Waals surface area contributed by atoms with Gasteiger partial charge in [0.05, 0.1) is 22.8 Å². The number of carbonyl (C=O) groups is 3. The zero-order valence-corrected chi connectivity index (χ0v) is 19.7. The second kappa shape index (κ2) is 8.55. The van der Waals surface area contributed by atoms with Gasteiger partial charge in [-0.05, 0) is 34.9 Å². The number of benzene rings is 2. The third-order valence-corrected chi connectivity index (χ3v) is 7.46. The van der Waals surface area contributed by atoms with Crippen molar-refractivity contribution in [2.45, 2.75) is 24.3 Å². The Morgan fingerprint density at radius 2 is 1.69 bits per heavy atom. The van der Waals surface area contributed by atoms with Gasteiger partial charge in [-0.15, -0.1) is 0 Å². The van der Waals surface area contributed by atoms with Crippen LogP contribution < -0.4 is 5.73 Å². The second-order valence-electron chi connectivity index (χ2n) is 9.57. The van der Waals surface area contributed by atoms with Gasteiger partial charge in [-0.3, -0.25) is 14.4 Å². The minimum absolute atomic E-state index is 0.0768. The average molecular weight is 543 g/mol. The van der Waals surface area contributed by atoms with Crippen molar-refractivity contribution in [2.24, 2.45) is 17.6 Å². The van der Waals surface area contributed by atoms with Gasteiger partial charge in [-0.25, -0.2) is 0 Å². The van der Waals surface area contributed by atoms with E-state index in [-0.39, 0.29) is 22.3 Å². The first-order valence-electron chi connectivity index (χ1n) is 11.6. The van der Waals surface area contributed by atoms with Crippen LogP contribution >= 0.6 is 0 Å². The fraction of sp³-hybridized carbons (Fsp3) is 0.222. The van der Waals surface area contributed by atoms with Gasteiger partial charge in [0.25, 0.3) is 5.91 Å². The van der Waals surface area contributed by atoms with E-state index < -0.39 is 87.6 Å². The fourth-order valence-electron chi connectivity index (χ4n) is 5.63. The largest absolute Gasteiger partial charge is 0.511 e. The topological polar surface area (TPSA) is 178 Å². The number of phenols is 1. The van der Waals surface area contributed by atoms with Crippen LogP contribution in [0.3, 0.4) is 0 Å². The third-order valence-electron chi connectivity index (χ3n) is 7.46. The van der Waals surface area contributed by atoms with Gasteiger partial charge in [-0.1, -0.05) is 30.3 Å². The molecule has 12 heteroatoms. The summed E-state index contributed by atoms with van der Waals surface area (Å²) >= 11 is 0. The lowest BCUT2D eigenvalue weighted by atomic mass is 9.57. The molecule has 0 spiro atoms. The van der Waals surface area contributed by atoms with E-state index in [9.17, 15) is 53.1 Å². The highest BCUT2D eigenvalue weighted by Crippen LogP contribution is 2.55. The third kappa shape index (κ3) is 3.67. The Balaban J connectivity index is 1.77. The number of rotatable bonds is 2. The summed E-state index contributed by atoms with van der Waals surface area (Å²) in [5.41, 5.74) is -0.411. The van der Waals surface area contributed by atoms with E-state index in [0.717, 1.165) is 24.3 Å². The first-order chi connectivity index (χ1) is 18.2. The minimum Gasteiger partial charge on any atom is -0.511 e. The molecule has 1 amide bonds. The number of hydrogen-bond donors (Lipinski definition) is 6. The number of Topliss-reactive ketones (excluding diaryl/α,β-unsaturated/α-hetero) is 2. The Labute approximate surface area is 217 Å². The van der Waals surface area contributed by atoms with Crippen molar-refractivity contribution in [1.82, 2.24) is 0 Å². The number of aromatic hydroxyl groups is 1. The van der Waals surface area contributed by atoms with Crippen molar-refractivity contribution in [3.63, 3.8) is 0 Å². The zero-order valence-electron chi connectivity index (χ0n) is 19.7. The molecular formula is C27H20F3NO8.